The van der Waals surface area contributed by atoms with E-state index in [1.807, 2.05) is 0 Å². The van der Waals surface area contributed by atoms with Crippen LogP contribution in [0, 0.1) is 0 Å². The van der Waals surface area contributed by atoms with E-state index in [0.29, 0.717) is 19.8 Å². The first kappa shape index (κ1) is 10.2. The Bertz CT molecular complexity index is 87.7. The van der Waals surface area contributed by atoms with Gasteiger partial charge in [0.25, 0.3) is 0 Å². The van der Waals surface area contributed by atoms with E-state index in [1.165, 1.54) is 0 Å². The molecule has 0 saturated carbocycles. The fraction of sp³-hybridized carbons (Fsp3) is 1.00. The average molecular weight is 168 g/mol. The fourth-order valence-electron chi connectivity index (χ4n) is 0.845. The SMILES string of the molecule is C[C@@]1(O)CNCCOC1.Cl. The monoisotopic (exact) mass is 167 g/mol. The van der Waals surface area contributed by atoms with Crippen LogP contribution in [0.5, 0.6) is 0 Å². The van der Waals surface area contributed by atoms with Gasteiger partial charge in [0, 0.05) is 13.1 Å². The molecular weight excluding hydrogens is 154 g/mol. The molecule has 0 radical (unpaired) electrons. The van der Waals surface area contributed by atoms with Gasteiger partial charge in [0.05, 0.1) is 18.8 Å². The van der Waals surface area contributed by atoms with Gasteiger partial charge in [-0.25, -0.2) is 0 Å². The molecule has 0 bridgehead atoms. The first-order valence-corrected chi connectivity index (χ1v) is 3.22. The molecule has 1 aliphatic rings. The predicted molar refractivity (Wildman–Crippen MR) is 41.6 cm³/mol. The molecule has 4 heteroatoms. The maximum atomic E-state index is 9.37. The maximum Gasteiger partial charge on any atom is 0.0975 e. The number of aliphatic hydroxyl groups is 1. The van der Waals surface area contributed by atoms with Gasteiger partial charge < -0.3 is 15.2 Å². The highest BCUT2D eigenvalue weighted by Gasteiger charge is 2.21. The minimum atomic E-state index is -0.670. The molecule has 1 aliphatic heterocycles. The van der Waals surface area contributed by atoms with Gasteiger partial charge in [0.1, 0.15) is 0 Å². The molecule has 62 valence electrons. The highest BCUT2D eigenvalue weighted by molar-refractivity contribution is 5.85. The van der Waals surface area contributed by atoms with E-state index in [2.05, 4.69) is 5.32 Å². The average Bonchev–Trinajstić information content (AvgIpc) is 1.92. The molecule has 0 aromatic heterocycles. The summed E-state index contributed by atoms with van der Waals surface area (Å²) in [5, 5.41) is 12.4. The maximum absolute atomic E-state index is 9.37. The Balaban J connectivity index is 0.000000810. The van der Waals surface area contributed by atoms with Crippen LogP contribution in [0.25, 0.3) is 0 Å². The van der Waals surface area contributed by atoms with Gasteiger partial charge in [0.2, 0.25) is 0 Å². The van der Waals surface area contributed by atoms with Gasteiger partial charge in [-0.3, -0.25) is 0 Å². The molecule has 0 aromatic carbocycles. The molecule has 3 nitrogen and oxygen atoms in total. The Hall–Kier alpha value is 0.170. The lowest BCUT2D eigenvalue weighted by Gasteiger charge is -2.18. The molecule has 1 fully saturated rings. The number of β-amino-alcohol motifs (C(OH)–C–C–N with tert-alkyl or cyclic N) is 1. The van der Waals surface area contributed by atoms with Crippen molar-refractivity contribution in [2.24, 2.45) is 0 Å². The standard InChI is InChI=1S/C6H13NO2.ClH/c1-6(8)4-7-2-3-9-5-6;/h7-8H,2-5H2,1H3;1H/t6-;/m1./s1. The van der Waals surface area contributed by atoms with Crippen LogP contribution in [0.1, 0.15) is 6.92 Å². The third kappa shape index (κ3) is 3.37. The zero-order valence-electron chi connectivity index (χ0n) is 6.09. The predicted octanol–water partition coefficient (Wildman–Crippen LogP) is -0.221. The van der Waals surface area contributed by atoms with E-state index in [-0.39, 0.29) is 12.4 Å². The number of hydrogen-bond donors (Lipinski definition) is 2. The van der Waals surface area contributed by atoms with Crippen LogP contribution in [0.3, 0.4) is 0 Å². The van der Waals surface area contributed by atoms with Gasteiger partial charge in [-0.05, 0) is 6.92 Å². The Morgan fingerprint density at radius 2 is 2.30 bits per heavy atom. The quantitative estimate of drug-likeness (QED) is 0.524. The van der Waals surface area contributed by atoms with Crippen LogP contribution < -0.4 is 5.32 Å². The van der Waals surface area contributed by atoms with Crippen molar-refractivity contribution < 1.29 is 9.84 Å². The summed E-state index contributed by atoms with van der Waals surface area (Å²) in [6.45, 7) is 4.39. The van der Waals surface area contributed by atoms with Gasteiger partial charge in [0.15, 0.2) is 0 Å². The third-order valence-electron chi connectivity index (χ3n) is 1.34. The summed E-state index contributed by atoms with van der Waals surface area (Å²) < 4.78 is 5.10. The van der Waals surface area contributed by atoms with Crippen LogP contribution in [-0.2, 0) is 4.74 Å². The number of halogens is 1. The zero-order valence-corrected chi connectivity index (χ0v) is 6.91. The summed E-state index contributed by atoms with van der Waals surface area (Å²) in [4.78, 5) is 0. The van der Waals surface area contributed by atoms with Crippen LogP contribution >= 0.6 is 12.4 Å². The number of hydrogen-bond acceptors (Lipinski definition) is 3. The van der Waals surface area contributed by atoms with Crippen molar-refractivity contribution in [3.8, 4) is 0 Å². The Kier molecular flexibility index (Phi) is 4.20. The molecule has 1 atom stereocenters. The zero-order chi connectivity index (χ0) is 6.74. The lowest BCUT2D eigenvalue weighted by atomic mass is 10.1. The van der Waals surface area contributed by atoms with Crippen molar-refractivity contribution in [1.82, 2.24) is 5.32 Å². The van der Waals surface area contributed by atoms with Gasteiger partial charge in [-0.15, -0.1) is 12.4 Å². The van der Waals surface area contributed by atoms with Crippen molar-refractivity contribution in [3.63, 3.8) is 0 Å². The van der Waals surface area contributed by atoms with Crippen LogP contribution in [0.4, 0.5) is 0 Å². The number of ether oxygens (including phenoxy) is 1. The molecular formula is C6H14ClNO2. The van der Waals surface area contributed by atoms with Crippen LogP contribution in [0.2, 0.25) is 0 Å². The van der Waals surface area contributed by atoms with E-state index in [0.717, 1.165) is 6.54 Å². The summed E-state index contributed by atoms with van der Waals surface area (Å²) in [5.41, 5.74) is -0.670. The molecule has 2 N–H and O–H groups in total. The summed E-state index contributed by atoms with van der Waals surface area (Å²) in [5.74, 6) is 0. The topological polar surface area (TPSA) is 41.5 Å². The molecule has 1 heterocycles. The minimum Gasteiger partial charge on any atom is -0.386 e. The molecule has 0 amide bonds. The van der Waals surface area contributed by atoms with E-state index in [1.54, 1.807) is 6.92 Å². The minimum absolute atomic E-state index is 0. The summed E-state index contributed by atoms with van der Waals surface area (Å²) in [7, 11) is 0. The van der Waals surface area contributed by atoms with Gasteiger partial charge in [-0.2, -0.15) is 0 Å². The van der Waals surface area contributed by atoms with Gasteiger partial charge >= 0.3 is 0 Å². The molecule has 10 heavy (non-hydrogen) atoms. The Morgan fingerprint density at radius 3 is 3.00 bits per heavy atom. The van der Waals surface area contributed by atoms with Crippen LogP contribution in [0.15, 0.2) is 0 Å². The molecule has 1 saturated heterocycles. The molecule has 0 aromatic rings. The van der Waals surface area contributed by atoms with Crippen molar-refractivity contribution in [3.05, 3.63) is 0 Å². The Morgan fingerprint density at radius 1 is 1.60 bits per heavy atom. The number of nitrogens with one attached hydrogen (secondary N) is 1. The third-order valence-corrected chi connectivity index (χ3v) is 1.34. The lowest BCUT2D eigenvalue weighted by molar-refractivity contribution is -0.0136. The van der Waals surface area contributed by atoms with Gasteiger partial charge in [-0.1, -0.05) is 0 Å². The van der Waals surface area contributed by atoms with Crippen molar-refractivity contribution in [2.45, 2.75) is 12.5 Å². The summed E-state index contributed by atoms with van der Waals surface area (Å²) >= 11 is 0. The first-order valence-electron chi connectivity index (χ1n) is 3.22. The largest absolute Gasteiger partial charge is 0.386 e. The summed E-state index contributed by atoms with van der Waals surface area (Å²) in [6, 6.07) is 0. The van der Waals surface area contributed by atoms with E-state index in [9.17, 15) is 5.11 Å². The number of rotatable bonds is 0. The van der Waals surface area contributed by atoms with E-state index in [4.69, 9.17) is 4.74 Å². The van der Waals surface area contributed by atoms with Crippen LogP contribution in [-0.4, -0.2) is 37.0 Å². The Labute approximate surface area is 67.2 Å². The van der Waals surface area contributed by atoms with E-state index < -0.39 is 5.60 Å². The molecule has 0 aliphatic carbocycles. The normalized spacial score (nSPS) is 34.2. The highest BCUT2D eigenvalue weighted by atomic mass is 35.5. The van der Waals surface area contributed by atoms with Crippen molar-refractivity contribution in [2.75, 3.05) is 26.3 Å². The second kappa shape index (κ2) is 4.13. The molecule has 1 rings (SSSR count). The smallest absolute Gasteiger partial charge is 0.0975 e. The highest BCUT2D eigenvalue weighted by Crippen LogP contribution is 2.03. The fourth-order valence-corrected chi connectivity index (χ4v) is 0.845. The van der Waals surface area contributed by atoms with E-state index >= 15 is 0 Å². The second-order valence-electron chi connectivity index (χ2n) is 2.73. The van der Waals surface area contributed by atoms with Crippen molar-refractivity contribution in [1.29, 1.82) is 0 Å². The molecule has 0 spiro atoms. The molecule has 0 unspecified atom stereocenters. The lowest BCUT2D eigenvalue weighted by Crippen LogP contribution is -2.38. The summed E-state index contributed by atoms with van der Waals surface area (Å²) in [6.07, 6.45) is 0. The second-order valence-corrected chi connectivity index (χ2v) is 2.73. The first-order chi connectivity index (χ1) is 4.21. The van der Waals surface area contributed by atoms with Crippen molar-refractivity contribution >= 4 is 12.4 Å².